The van der Waals surface area contributed by atoms with Gasteiger partial charge in [0.1, 0.15) is 5.02 Å². The second-order valence-electron chi connectivity index (χ2n) is 11.3. The van der Waals surface area contributed by atoms with Crippen molar-refractivity contribution in [2.24, 2.45) is 17.3 Å². The van der Waals surface area contributed by atoms with E-state index in [0.29, 0.717) is 23.9 Å². The third-order valence-electron chi connectivity index (χ3n) is 8.82. The average Bonchev–Trinajstić information content (AvgIpc) is 2.79. The van der Waals surface area contributed by atoms with Crippen LogP contribution in [0.2, 0.25) is 10.0 Å². The number of aliphatic carboxylic acids is 1. The molecule has 186 valence electrons. The Balaban J connectivity index is 1.25. The van der Waals surface area contributed by atoms with Crippen LogP contribution in [0, 0.1) is 17.3 Å². The standard InChI is InChI=1S/C26H30Cl2N4O3/c27-19-2-1-3-20(9-19)30-4-6-31(7-5-30)21-15-29-32(24(35)23(21)28)26-12-17-8-18(13-26)11-25(10-17,16-26)14-22(33)34/h1-3,9,15,17-18H,4-8,10-14,16H2,(H,33,34)/t17-,18-,25?,26?/m1/s1. The maximum Gasteiger partial charge on any atom is 0.303 e. The summed E-state index contributed by atoms with van der Waals surface area (Å²) in [6, 6.07) is 7.85. The first-order valence-corrected chi connectivity index (χ1v) is 13.3. The highest BCUT2D eigenvalue weighted by Gasteiger charge is 2.59. The van der Waals surface area contributed by atoms with Crippen LogP contribution in [0.15, 0.2) is 35.3 Å². The molecule has 2 atom stereocenters. The van der Waals surface area contributed by atoms with Crippen molar-refractivity contribution in [3.05, 3.63) is 50.9 Å². The van der Waals surface area contributed by atoms with E-state index < -0.39 is 11.5 Å². The molecule has 7 nitrogen and oxygen atoms in total. The highest BCUT2D eigenvalue weighted by molar-refractivity contribution is 6.33. The van der Waals surface area contributed by atoms with Gasteiger partial charge in [0.25, 0.3) is 5.56 Å². The SMILES string of the molecule is O=C(O)CC12C[C@H]3C[C@H](C1)CC(n1ncc(N4CCN(c5cccc(Cl)c5)CC4)c(Cl)c1=O)(C3)C2. The van der Waals surface area contributed by atoms with Crippen molar-refractivity contribution in [3.63, 3.8) is 0 Å². The fraction of sp³-hybridized carbons (Fsp3) is 0.577. The van der Waals surface area contributed by atoms with Gasteiger partial charge in [-0.1, -0.05) is 29.3 Å². The lowest BCUT2D eigenvalue weighted by Gasteiger charge is -2.61. The van der Waals surface area contributed by atoms with Gasteiger partial charge in [-0.2, -0.15) is 5.10 Å². The Labute approximate surface area is 214 Å². The third kappa shape index (κ3) is 4.01. The van der Waals surface area contributed by atoms with Crippen LogP contribution in [-0.2, 0) is 10.3 Å². The predicted molar refractivity (Wildman–Crippen MR) is 137 cm³/mol. The quantitative estimate of drug-likeness (QED) is 0.623. The summed E-state index contributed by atoms with van der Waals surface area (Å²) in [5.74, 6) is 0.178. The minimum absolute atomic E-state index is 0.180. The zero-order valence-electron chi connectivity index (χ0n) is 19.6. The second-order valence-corrected chi connectivity index (χ2v) is 12.1. The van der Waals surface area contributed by atoms with Gasteiger partial charge >= 0.3 is 5.97 Å². The van der Waals surface area contributed by atoms with Crippen LogP contribution in [0.1, 0.15) is 44.9 Å². The fourth-order valence-electron chi connectivity index (χ4n) is 8.04. The molecule has 35 heavy (non-hydrogen) atoms. The minimum Gasteiger partial charge on any atom is -0.481 e. The molecule has 9 heteroatoms. The molecule has 0 spiro atoms. The second kappa shape index (κ2) is 8.41. The summed E-state index contributed by atoms with van der Waals surface area (Å²) in [6.07, 6.45) is 7.47. The summed E-state index contributed by atoms with van der Waals surface area (Å²) < 4.78 is 1.63. The third-order valence-corrected chi connectivity index (χ3v) is 9.41. The maximum atomic E-state index is 13.6. The molecular formula is C26H30Cl2N4O3. The Bertz CT molecular complexity index is 1210. The normalized spacial score (nSPS) is 31.7. The van der Waals surface area contributed by atoms with Gasteiger partial charge in [0.15, 0.2) is 0 Å². The molecule has 4 saturated carbocycles. The van der Waals surface area contributed by atoms with E-state index in [4.69, 9.17) is 28.3 Å². The Morgan fingerprint density at radius 3 is 2.40 bits per heavy atom. The van der Waals surface area contributed by atoms with E-state index in [1.165, 1.54) is 0 Å². The summed E-state index contributed by atoms with van der Waals surface area (Å²) in [6.45, 7) is 3.05. The Morgan fingerprint density at radius 2 is 1.74 bits per heavy atom. The summed E-state index contributed by atoms with van der Waals surface area (Å²) in [4.78, 5) is 29.7. The number of rotatable bonds is 5. The van der Waals surface area contributed by atoms with Gasteiger partial charge in [-0.15, -0.1) is 0 Å². The molecule has 1 aromatic carbocycles. The van der Waals surface area contributed by atoms with Crippen molar-refractivity contribution >= 4 is 40.5 Å². The van der Waals surface area contributed by atoms with Crippen molar-refractivity contribution in [1.82, 2.24) is 9.78 Å². The van der Waals surface area contributed by atoms with E-state index in [9.17, 15) is 14.7 Å². The van der Waals surface area contributed by atoms with Gasteiger partial charge in [-0.05, 0) is 74.0 Å². The van der Waals surface area contributed by atoms with Crippen LogP contribution in [-0.4, -0.2) is 47.0 Å². The van der Waals surface area contributed by atoms with Gasteiger partial charge in [0.2, 0.25) is 0 Å². The molecule has 4 aliphatic carbocycles. The van der Waals surface area contributed by atoms with E-state index >= 15 is 0 Å². The molecule has 2 heterocycles. The van der Waals surface area contributed by atoms with E-state index in [1.807, 2.05) is 18.2 Å². The summed E-state index contributed by atoms with van der Waals surface area (Å²) in [5, 5.41) is 15.2. The number of benzene rings is 1. The van der Waals surface area contributed by atoms with Crippen molar-refractivity contribution in [2.45, 2.75) is 50.5 Å². The van der Waals surface area contributed by atoms with Crippen LogP contribution in [0.3, 0.4) is 0 Å². The smallest absolute Gasteiger partial charge is 0.303 e. The number of piperazine rings is 1. The van der Waals surface area contributed by atoms with Crippen LogP contribution in [0.5, 0.6) is 0 Å². The molecule has 7 rings (SSSR count). The van der Waals surface area contributed by atoms with Crippen LogP contribution in [0.25, 0.3) is 0 Å². The first-order chi connectivity index (χ1) is 16.8. The molecule has 5 fully saturated rings. The first kappa shape index (κ1) is 23.2. The molecule has 0 amide bonds. The van der Waals surface area contributed by atoms with Gasteiger partial charge in [-0.3, -0.25) is 9.59 Å². The number of carboxylic acid groups (broad SMARTS) is 1. The van der Waals surface area contributed by atoms with Crippen LogP contribution in [0.4, 0.5) is 11.4 Å². The molecule has 1 aromatic heterocycles. The van der Waals surface area contributed by atoms with Gasteiger partial charge < -0.3 is 14.9 Å². The van der Waals surface area contributed by atoms with E-state index in [0.717, 1.165) is 69.0 Å². The number of hydrogen-bond acceptors (Lipinski definition) is 5. The van der Waals surface area contributed by atoms with E-state index in [-0.39, 0.29) is 22.4 Å². The van der Waals surface area contributed by atoms with Crippen molar-refractivity contribution in [2.75, 3.05) is 36.0 Å². The lowest BCUT2D eigenvalue weighted by Crippen LogP contribution is -2.59. The number of aromatic nitrogens is 2. The van der Waals surface area contributed by atoms with Crippen molar-refractivity contribution < 1.29 is 9.90 Å². The number of carbonyl (C=O) groups is 1. The largest absolute Gasteiger partial charge is 0.481 e. The molecule has 0 unspecified atom stereocenters. The Hall–Kier alpha value is -2.25. The highest BCUT2D eigenvalue weighted by atomic mass is 35.5. The van der Waals surface area contributed by atoms with Gasteiger partial charge in [0.05, 0.1) is 23.8 Å². The summed E-state index contributed by atoms with van der Waals surface area (Å²) in [7, 11) is 0. The summed E-state index contributed by atoms with van der Waals surface area (Å²) >= 11 is 12.9. The maximum absolute atomic E-state index is 13.6. The molecule has 0 radical (unpaired) electrons. The van der Waals surface area contributed by atoms with E-state index in [1.54, 1.807) is 10.9 Å². The topological polar surface area (TPSA) is 78.7 Å². The molecule has 2 aromatic rings. The number of carboxylic acids is 1. The molecule has 5 aliphatic rings. The monoisotopic (exact) mass is 516 g/mol. The lowest BCUT2D eigenvalue weighted by molar-refractivity contribution is -0.151. The minimum atomic E-state index is -0.743. The Kier molecular flexibility index (Phi) is 5.57. The van der Waals surface area contributed by atoms with Crippen molar-refractivity contribution in [3.8, 4) is 0 Å². The molecule has 1 saturated heterocycles. The Morgan fingerprint density at radius 1 is 1.06 bits per heavy atom. The number of hydrogen-bond donors (Lipinski definition) is 1. The number of halogens is 2. The fourth-order valence-corrected chi connectivity index (χ4v) is 8.47. The lowest BCUT2D eigenvalue weighted by atomic mass is 9.46. The average molecular weight is 517 g/mol. The number of nitrogens with zero attached hydrogens (tertiary/aromatic N) is 4. The molecule has 4 bridgehead atoms. The molecular weight excluding hydrogens is 487 g/mol. The zero-order chi connectivity index (χ0) is 24.4. The number of anilines is 2. The predicted octanol–water partition coefficient (Wildman–Crippen LogP) is 4.65. The van der Waals surface area contributed by atoms with Crippen molar-refractivity contribution in [1.29, 1.82) is 0 Å². The highest BCUT2D eigenvalue weighted by Crippen LogP contribution is 2.65. The molecule has 1 aliphatic heterocycles. The summed E-state index contributed by atoms with van der Waals surface area (Å²) in [5.41, 5.74) is 0.898. The van der Waals surface area contributed by atoms with Crippen LogP contribution >= 0.6 is 23.2 Å². The molecule has 1 N–H and O–H groups in total. The van der Waals surface area contributed by atoms with Crippen LogP contribution < -0.4 is 15.4 Å². The van der Waals surface area contributed by atoms with Gasteiger partial charge in [-0.25, -0.2) is 4.68 Å². The van der Waals surface area contributed by atoms with E-state index in [2.05, 4.69) is 15.9 Å². The first-order valence-electron chi connectivity index (χ1n) is 12.5. The zero-order valence-corrected chi connectivity index (χ0v) is 21.1. The van der Waals surface area contributed by atoms with Gasteiger partial charge in [0, 0.05) is 36.9 Å².